The molecule has 0 atom stereocenters. The van der Waals surface area contributed by atoms with Crippen molar-refractivity contribution in [1.29, 1.82) is 0 Å². The molecule has 0 rings (SSSR count). The van der Waals surface area contributed by atoms with Crippen molar-refractivity contribution in [3.8, 4) is 0 Å². The van der Waals surface area contributed by atoms with Gasteiger partial charge >= 0.3 is 0 Å². The molecule has 0 aromatic carbocycles. The van der Waals surface area contributed by atoms with Crippen LogP contribution in [0.1, 0.15) is 20.8 Å². The summed E-state index contributed by atoms with van der Waals surface area (Å²) in [5, 5.41) is 0. The third kappa shape index (κ3) is 1820. The van der Waals surface area contributed by atoms with E-state index in [0.29, 0.717) is 0 Å². The fourth-order valence-electron chi connectivity index (χ4n) is 0. The van der Waals surface area contributed by atoms with Crippen LogP contribution in [0, 0.1) is 0 Å². The van der Waals surface area contributed by atoms with Gasteiger partial charge in [-0.1, -0.05) is 0 Å². The van der Waals surface area contributed by atoms with E-state index in [1.807, 2.05) is 20.8 Å². The summed E-state index contributed by atoms with van der Waals surface area (Å²) in [6.45, 7) is 9.04. The van der Waals surface area contributed by atoms with Gasteiger partial charge < -0.3 is 54.4 Å². The largest absolute Gasteiger partial charge is 1.00 e. The molecule has 12 heavy (non-hydrogen) atoms. The Morgan fingerprint density at radius 2 is 0.583 bits per heavy atom. The molecule has 0 bridgehead atoms. The topological polar surface area (TPSA) is 82.9 Å². The molecule has 84 valence electrons. The number of hydrogen-bond acceptors (Lipinski definition) is 0. The maximum atomic E-state index is 3.49. The van der Waals surface area contributed by atoms with Crippen LogP contribution in [0.2, 0.25) is 0 Å². The van der Waals surface area contributed by atoms with Gasteiger partial charge in [-0.3, -0.25) is 0 Å². The quantitative estimate of drug-likeness (QED) is 0.378. The minimum absolute atomic E-state index is 0. The molecule has 9 N–H and O–H groups in total. The lowest BCUT2D eigenvalue weighted by Crippen LogP contribution is -3.00. The summed E-state index contributed by atoms with van der Waals surface area (Å²) in [7, 11) is 0. The second-order valence-corrected chi connectivity index (χ2v) is 1.50. The third-order valence-corrected chi connectivity index (χ3v) is 0. The van der Waals surface area contributed by atoms with Gasteiger partial charge in [0.2, 0.25) is 0 Å². The highest BCUT2D eigenvalue weighted by atomic mass is 35.5. The molecule has 0 heterocycles. The molecule has 0 saturated heterocycles. The molecule has 0 aliphatic rings. The Kier molecular flexibility index (Phi) is 311. The first-order valence-corrected chi connectivity index (χ1v) is 3.62. The molecule has 0 radical (unpaired) electrons. The first-order valence-electron chi connectivity index (χ1n) is 3.62. The fourth-order valence-corrected chi connectivity index (χ4v) is 0. The molecule has 6 heteroatoms. The second-order valence-electron chi connectivity index (χ2n) is 1.50. The molecule has 0 spiro atoms. The van der Waals surface area contributed by atoms with Crippen LogP contribution in [-0.2, 0) is 0 Å². The summed E-state index contributed by atoms with van der Waals surface area (Å²) in [6.07, 6.45) is 0. The molecular weight excluding hydrogens is 220 g/mol. The van der Waals surface area contributed by atoms with Crippen molar-refractivity contribution in [2.45, 2.75) is 20.8 Å². The van der Waals surface area contributed by atoms with Crippen molar-refractivity contribution in [3.05, 3.63) is 0 Å². The standard InChI is InChI=1S/3C2H7N.3ClH/c3*1-2-3;;;/h3*2-3H2,1H3;3*1H. The molecule has 0 aromatic rings. The van der Waals surface area contributed by atoms with Gasteiger partial charge in [-0.15, -0.1) is 0 Å². The number of halogens is 3. The van der Waals surface area contributed by atoms with E-state index in [0.717, 1.165) is 19.6 Å². The summed E-state index contributed by atoms with van der Waals surface area (Å²) < 4.78 is 0. The molecule has 0 unspecified atom stereocenters. The SMILES string of the molecule is CC[NH3+].CC[NH3+].CC[NH3+].[Cl-].[Cl-].[Cl-]. The van der Waals surface area contributed by atoms with Crippen molar-refractivity contribution in [2.75, 3.05) is 19.6 Å². The minimum Gasteiger partial charge on any atom is -1.00 e. The first-order chi connectivity index (χ1) is 4.24. The molecule has 0 fully saturated rings. The van der Waals surface area contributed by atoms with Crippen molar-refractivity contribution >= 4 is 0 Å². The van der Waals surface area contributed by atoms with Crippen LogP contribution in [0.15, 0.2) is 0 Å². The third-order valence-electron chi connectivity index (χ3n) is 0. The summed E-state index contributed by atoms with van der Waals surface area (Å²) in [6, 6.07) is 0. The molecule has 0 aliphatic heterocycles. The zero-order chi connectivity index (χ0) is 8.12. The molecule has 3 nitrogen and oxygen atoms in total. The Labute approximate surface area is 95.1 Å². The van der Waals surface area contributed by atoms with E-state index in [1.54, 1.807) is 0 Å². The highest BCUT2D eigenvalue weighted by Gasteiger charge is 1.38. The normalized spacial score (nSPS) is 4.50. The Morgan fingerprint density at radius 1 is 0.583 bits per heavy atom. The summed E-state index contributed by atoms with van der Waals surface area (Å²) in [5.74, 6) is 0. The molecule has 0 amide bonds. The lowest BCUT2D eigenvalue weighted by Gasteiger charge is -1.49. The maximum Gasteiger partial charge on any atom is 0.0711 e. The van der Waals surface area contributed by atoms with Gasteiger partial charge in [0, 0.05) is 0 Å². The second kappa shape index (κ2) is 96.6. The number of hydrogen-bond donors (Lipinski definition) is 3. The van der Waals surface area contributed by atoms with Crippen LogP contribution in [0.4, 0.5) is 0 Å². The number of quaternary nitrogens is 3. The van der Waals surface area contributed by atoms with Crippen molar-refractivity contribution < 1.29 is 54.4 Å². The predicted molar refractivity (Wildman–Crippen MR) is 40.3 cm³/mol. The minimum atomic E-state index is 0. The van der Waals surface area contributed by atoms with E-state index < -0.39 is 0 Å². The van der Waals surface area contributed by atoms with E-state index in [-0.39, 0.29) is 37.2 Å². The molecule has 0 saturated carbocycles. The highest BCUT2D eigenvalue weighted by molar-refractivity contribution is 3.80. The van der Waals surface area contributed by atoms with E-state index in [4.69, 9.17) is 0 Å². The van der Waals surface area contributed by atoms with Crippen LogP contribution < -0.4 is 54.4 Å². The Morgan fingerprint density at radius 3 is 0.583 bits per heavy atom. The van der Waals surface area contributed by atoms with E-state index in [2.05, 4.69) is 17.2 Å². The van der Waals surface area contributed by atoms with Gasteiger partial charge in [-0.2, -0.15) is 0 Å². The summed E-state index contributed by atoms with van der Waals surface area (Å²) >= 11 is 0. The molecule has 0 aromatic heterocycles. The number of rotatable bonds is 0. The summed E-state index contributed by atoms with van der Waals surface area (Å²) in [4.78, 5) is 0. The Bertz CT molecular complexity index is 22.8. The lowest BCUT2D eigenvalue weighted by atomic mass is 10.8. The van der Waals surface area contributed by atoms with Gasteiger partial charge in [-0.05, 0) is 20.8 Å². The van der Waals surface area contributed by atoms with E-state index in [9.17, 15) is 0 Å². The first kappa shape index (κ1) is 38.6. The van der Waals surface area contributed by atoms with Crippen molar-refractivity contribution in [1.82, 2.24) is 0 Å². The van der Waals surface area contributed by atoms with Crippen LogP contribution in [0.5, 0.6) is 0 Å². The van der Waals surface area contributed by atoms with Crippen LogP contribution in [0.25, 0.3) is 0 Å². The van der Waals surface area contributed by atoms with Crippen LogP contribution >= 0.6 is 0 Å². The Hall–Kier alpha value is 0.750. The zero-order valence-corrected chi connectivity index (χ0v) is 10.6. The average molecular weight is 245 g/mol. The van der Waals surface area contributed by atoms with E-state index in [1.165, 1.54) is 0 Å². The van der Waals surface area contributed by atoms with E-state index >= 15 is 0 Å². The smallest absolute Gasteiger partial charge is 0.0711 e. The highest BCUT2D eigenvalue weighted by Crippen LogP contribution is 1.14. The van der Waals surface area contributed by atoms with Gasteiger partial charge in [0.1, 0.15) is 0 Å². The van der Waals surface area contributed by atoms with Crippen molar-refractivity contribution in [3.63, 3.8) is 0 Å². The van der Waals surface area contributed by atoms with Gasteiger partial charge in [0.05, 0.1) is 19.6 Å². The zero-order valence-electron chi connectivity index (χ0n) is 8.38. The average Bonchev–Trinajstić information content (AvgIpc) is 1.70. The molecule has 0 aliphatic carbocycles. The lowest BCUT2D eigenvalue weighted by molar-refractivity contribution is -0.362. The van der Waals surface area contributed by atoms with Gasteiger partial charge in [-0.25, -0.2) is 0 Å². The summed E-state index contributed by atoms with van der Waals surface area (Å²) in [5.41, 5.74) is 10.5. The predicted octanol–water partition coefficient (Wildman–Crippen LogP) is -11.2. The van der Waals surface area contributed by atoms with Crippen LogP contribution in [-0.4, -0.2) is 19.6 Å². The van der Waals surface area contributed by atoms with Gasteiger partial charge in [0.25, 0.3) is 0 Å². The molecular formula is C6H24Cl3N3. The fraction of sp³-hybridized carbons (Fsp3) is 1.00. The van der Waals surface area contributed by atoms with Crippen molar-refractivity contribution in [2.24, 2.45) is 0 Å². The Balaban J connectivity index is -0.00000001000. The monoisotopic (exact) mass is 243 g/mol. The van der Waals surface area contributed by atoms with Gasteiger partial charge in [0.15, 0.2) is 0 Å². The van der Waals surface area contributed by atoms with Crippen LogP contribution in [0.3, 0.4) is 0 Å². The maximum absolute atomic E-state index is 3.49.